The maximum Gasteiger partial charge on any atom is 0.320 e. The minimum absolute atomic E-state index is 0.0572. The van der Waals surface area contributed by atoms with Crippen LogP contribution in [0.1, 0.15) is 31.4 Å². The van der Waals surface area contributed by atoms with E-state index < -0.39 is 0 Å². The third kappa shape index (κ3) is 3.85. The first-order chi connectivity index (χ1) is 13.5. The highest BCUT2D eigenvalue weighted by Crippen LogP contribution is 2.26. The number of carbonyl (C=O) groups is 2. The molecule has 0 N–H and O–H groups in total. The predicted molar refractivity (Wildman–Crippen MR) is 108 cm³/mol. The van der Waals surface area contributed by atoms with Gasteiger partial charge in [0.25, 0.3) is 0 Å². The molecule has 1 aromatic rings. The van der Waals surface area contributed by atoms with Gasteiger partial charge in [0.15, 0.2) is 0 Å². The molecule has 3 aliphatic rings. The van der Waals surface area contributed by atoms with Crippen molar-refractivity contribution in [2.75, 3.05) is 51.2 Å². The van der Waals surface area contributed by atoms with Crippen LogP contribution in [-0.2, 0) is 4.79 Å². The van der Waals surface area contributed by atoms with Gasteiger partial charge in [-0.15, -0.1) is 0 Å². The van der Waals surface area contributed by atoms with Gasteiger partial charge in [-0.1, -0.05) is 6.42 Å². The van der Waals surface area contributed by atoms with Gasteiger partial charge in [-0.25, -0.2) is 4.79 Å². The molecule has 2 saturated heterocycles. The number of urea groups is 1. The largest absolute Gasteiger partial charge is 0.323 e. The van der Waals surface area contributed by atoms with Crippen LogP contribution in [-0.4, -0.2) is 84.0 Å². The summed E-state index contributed by atoms with van der Waals surface area (Å²) in [6.07, 6.45) is 6.74. The van der Waals surface area contributed by atoms with E-state index in [-0.39, 0.29) is 17.9 Å². The van der Waals surface area contributed by atoms with Crippen LogP contribution in [0, 0.1) is 12.8 Å². The van der Waals surface area contributed by atoms with Gasteiger partial charge in [0, 0.05) is 58.1 Å². The fourth-order valence-electron chi connectivity index (χ4n) is 4.30. The Balaban J connectivity index is 1.26. The number of carbonyl (C=O) groups excluding carboxylic acids is 2. The Morgan fingerprint density at radius 1 is 1.04 bits per heavy atom. The van der Waals surface area contributed by atoms with Crippen molar-refractivity contribution in [3.8, 4) is 0 Å². The monoisotopic (exact) mass is 385 g/mol. The second-order valence-electron chi connectivity index (χ2n) is 8.40. The Morgan fingerprint density at radius 3 is 2.46 bits per heavy atom. The SMILES string of the molecule is Cc1ccc(N(C)C(=O)C2CN(C(=O)N3CCCN(C4CCC4)CC3)C2)cn1. The van der Waals surface area contributed by atoms with Gasteiger partial charge < -0.3 is 14.7 Å². The lowest BCUT2D eigenvalue weighted by atomic mass is 9.91. The summed E-state index contributed by atoms with van der Waals surface area (Å²) < 4.78 is 0. The van der Waals surface area contributed by atoms with Crippen molar-refractivity contribution >= 4 is 17.6 Å². The van der Waals surface area contributed by atoms with Crippen molar-refractivity contribution in [2.45, 2.75) is 38.6 Å². The number of aromatic nitrogens is 1. The standard InChI is InChI=1S/C21H31N5O2/c1-16-7-8-19(13-22-16)23(2)20(27)17-14-26(15-17)21(28)25-10-4-9-24(11-12-25)18-5-3-6-18/h7-8,13,17-18H,3-6,9-12,14-15H2,1-2H3. The molecule has 7 heteroatoms. The van der Waals surface area contributed by atoms with E-state index in [9.17, 15) is 9.59 Å². The van der Waals surface area contributed by atoms with Gasteiger partial charge in [-0.2, -0.15) is 0 Å². The molecular formula is C21H31N5O2. The topological polar surface area (TPSA) is 60.0 Å². The lowest BCUT2D eigenvalue weighted by Gasteiger charge is -2.42. The molecule has 0 unspecified atom stereocenters. The molecule has 3 fully saturated rings. The van der Waals surface area contributed by atoms with Crippen LogP contribution >= 0.6 is 0 Å². The van der Waals surface area contributed by atoms with Crippen molar-refractivity contribution in [1.82, 2.24) is 19.7 Å². The number of rotatable bonds is 3. The van der Waals surface area contributed by atoms with Crippen LogP contribution in [0.2, 0.25) is 0 Å². The molecule has 0 spiro atoms. The second-order valence-corrected chi connectivity index (χ2v) is 8.40. The first-order valence-electron chi connectivity index (χ1n) is 10.5. The second kappa shape index (κ2) is 8.07. The van der Waals surface area contributed by atoms with E-state index in [1.165, 1.54) is 19.3 Å². The number of anilines is 1. The van der Waals surface area contributed by atoms with Gasteiger partial charge in [-0.05, 0) is 38.3 Å². The van der Waals surface area contributed by atoms with E-state index in [1.807, 2.05) is 28.9 Å². The lowest BCUT2D eigenvalue weighted by Crippen LogP contribution is -2.59. The molecule has 3 heterocycles. The Hall–Kier alpha value is -2.15. The zero-order valence-corrected chi connectivity index (χ0v) is 17.0. The molecule has 7 nitrogen and oxygen atoms in total. The van der Waals surface area contributed by atoms with Gasteiger partial charge in [0.1, 0.15) is 0 Å². The third-order valence-electron chi connectivity index (χ3n) is 6.51. The smallest absolute Gasteiger partial charge is 0.320 e. The van der Waals surface area contributed by atoms with Crippen molar-refractivity contribution in [1.29, 1.82) is 0 Å². The van der Waals surface area contributed by atoms with Crippen LogP contribution in [0.4, 0.5) is 10.5 Å². The molecule has 2 aliphatic heterocycles. The number of likely N-dealkylation sites (tertiary alicyclic amines) is 1. The Kier molecular flexibility index (Phi) is 5.53. The van der Waals surface area contributed by atoms with Crippen LogP contribution in [0.15, 0.2) is 18.3 Å². The summed E-state index contributed by atoms with van der Waals surface area (Å²) in [6, 6.07) is 4.65. The summed E-state index contributed by atoms with van der Waals surface area (Å²) in [5.41, 5.74) is 1.72. The average molecular weight is 386 g/mol. The normalized spacial score (nSPS) is 21.6. The summed E-state index contributed by atoms with van der Waals surface area (Å²) in [7, 11) is 1.78. The van der Waals surface area contributed by atoms with Crippen LogP contribution in [0.5, 0.6) is 0 Å². The van der Waals surface area contributed by atoms with E-state index in [2.05, 4.69) is 9.88 Å². The fourth-order valence-corrected chi connectivity index (χ4v) is 4.30. The van der Waals surface area contributed by atoms with Crippen molar-refractivity contribution in [3.05, 3.63) is 24.0 Å². The summed E-state index contributed by atoms with van der Waals surface area (Å²) >= 11 is 0. The van der Waals surface area contributed by atoms with Crippen molar-refractivity contribution < 1.29 is 9.59 Å². The van der Waals surface area contributed by atoms with Gasteiger partial charge in [-0.3, -0.25) is 14.7 Å². The molecule has 4 rings (SSSR count). The first-order valence-corrected chi connectivity index (χ1v) is 10.5. The van der Waals surface area contributed by atoms with Crippen LogP contribution in [0.25, 0.3) is 0 Å². The molecule has 1 aliphatic carbocycles. The molecule has 3 amide bonds. The molecule has 28 heavy (non-hydrogen) atoms. The summed E-state index contributed by atoms with van der Waals surface area (Å²) in [6.45, 7) is 6.68. The lowest BCUT2D eigenvalue weighted by molar-refractivity contribution is -0.126. The maximum atomic E-state index is 12.8. The molecule has 0 aromatic carbocycles. The molecule has 0 atom stereocenters. The van der Waals surface area contributed by atoms with Gasteiger partial charge in [0.05, 0.1) is 17.8 Å². The number of aryl methyl sites for hydroxylation is 1. The minimum atomic E-state index is -0.117. The molecule has 152 valence electrons. The summed E-state index contributed by atoms with van der Waals surface area (Å²) in [4.78, 5) is 37.8. The Labute approximate surface area is 167 Å². The number of amides is 3. The zero-order chi connectivity index (χ0) is 19.7. The Bertz CT molecular complexity index is 712. The molecular weight excluding hydrogens is 354 g/mol. The molecule has 1 saturated carbocycles. The highest BCUT2D eigenvalue weighted by Gasteiger charge is 2.39. The average Bonchev–Trinajstić information content (AvgIpc) is 2.85. The van der Waals surface area contributed by atoms with Crippen LogP contribution < -0.4 is 4.90 Å². The Morgan fingerprint density at radius 2 is 1.82 bits per heavy atom. The quantitative estimate of drug-likeness (QED) is 0.798. The van der Waals surface area contributed by atoms with E-state index in [4.69, 9.17) is 0 Å². The summed E-state index contributed by atoms with van der Waals surface area (Å²) in [5.74, 6) is -0.0598. The van der Waals surface area contributed by atoms with E-state index in [0.29, 0.717) is 13.1 Å². The number of nitrogens with zero attached hydrogens (tertiary/aromatic N) is 5. The predicted octanol–water partition coefficient (Wildman–Crippen LogP) is 1.96. The van der Waals surface area contributed by atoms with E-state index in [1.54, 1.807) is 18.1 Å². The molecule has 1 aromatic heterocycles. The summed E-state index contributed by atoms with van der Waals surface area (Å²) in [5, 5.41) is 0. The highest BCUT2D eigenvalue weighted by molar-refractivity contribution is 5.96. The first kappa shape index (κ1) is 19.2. The van der Waals surface area contributed by atoms with E-state index in [0.717, 1.165) is 50.0 Å². The number of hydrogen-bond donors (Lipinski definition) is 0. The fraction of sp³-hybridized carbons (Fsp3) is 0.667. The minimum Gasteiger partial charge on any atom is -0.323 e. The van der Waals surface area contributed by atoms with Crippen molar-refractivity contribution in [3.63, 3.8) is 0 Å². The van der Waals surface area contributed by atoms with Crippen LogP contribution in [0.3, 0.4) is 0 Å². The zero-order valence-electron chi connectivity index (χ0n) is 17.0. The third-order valence-corrected chi connectivity index (χ3v) is 6.51. The maximum absolute atomic E-state index is 12.8. The number of pyridine rings is 1. The molecule has 0 radical (unpaired) electrons. The van der Waals surface area contributed by atoms with Gasteiger partial charge >= 0.3 is 6.03 Å². The van der Waals surface area contributed by atoms with Gasteiger partial charge in [0.2, 0.25) is 5.91 Å². The number of hydrogen-bond acceptors (Lipinski definition) is 4. The highest BCUT2D eigenvalue weighted by atomic mass is 16.2. The van der Waals surface area contributed by atoms with E-state index >= 15 is 0 Å². The van der Waals surface area contributed by atoms with Crippen molar-refractivity contribution in [2.24, 2.45) is 5.92 Å². The molecule has 0 bridgehead atoms.